The zero-order valence-electron chi connectivity index (χ0n) is 17.7. The number of hydrogen-bond acceptors (Lipinski definition) is 5. The third-order valence-corrected chi connectivity index (χ3v) is 6.78. The Morgan fingerprint density at radius 2 is 2.22 bits per heavy atom. The number of benzene rings is 1. The van der Waals surface area contributed by atoms with Crippen molar-refractivity contribution in [3.05, 3.63) is 63.9 Å². The largest absolute Gasteiger partial charge is 0.337 e. The van der Waals surface area contributed by atoms with Crippen molar-refractivity contribution in [2.75, 3.05) is 12.4 Å². The molecule has 1 aliphatic rings. The minimum Gasteiger partial charge on any atom is -0.337 e. The van der Waals surface area contributed by atoms with Crippen LogP contribution in [0.1, 0.15) is 28.0 Å². The van der Waals surface area contributed by atoms with E-state index in [4.69, 9.17) is 5.73 Å². The number of likely N-dealkylation sites (N-methyl/N-ethyl adjacent to an activating group) is 1. The predicted molar refractivity (Wildman–Crippen MR) is 128 cm³/mol. The zero-order valence-corrected chi connectivity index (χ0v) is 19.4. The molecule has 168 valence electrons. The number of fused-ring (bicyclic) bond motifs is 2. The molecule has 0 saturated heterocycles. The molecule has 0 aliphatic carbocycles. The van der Waals surface area contributed by atoms with Gasteiger partial charge in [-0.2, -0.15) is 0 Å². The molecule has 1 atom stereocenters. The average molecular weight is 475 g/mol. The summed E-state index contributed by atoms with van der Waals surface area (Å²) in [5.74, 6) is -0.116. The first kappa shape index (κ1) is 23.8. The van der Waals surface area contributed by atoms with Gasteiger partial charge in [0.05, 0.1) is 17.3 Å². The Kier molecular flexibility index (Phi) is 7.28. The summed E-state index contributed by atoms with van der Waals surface area (Å²) in [6.07, 6.45) is 5.99. The van der Waals surface area contributed by atoms with E-state index in [1.54, 1.807) is 30.3 Å². The Bertz CT molecular complexity index is 1210. The molecule has 6 nitrogen and oxygen atoms in total. The Morgan fingerprint density at radius 3 is 2.97 bits per heavy atom. The number of halogens is 2. The Hall–Kier alpha value is -2.81. The molecule has 0 fully saturated rings. The molecule has 9 heteroatoms. The van der Waals surface area contributed by atoms with Gasteiger partial charge >= 0.3 is 0 Å². The summed E-state index contributed by atoms with van der Waals surface area (Å²) >= 11 is 1.38. The smallest absolute Gasteiger partial charge is 0.246 e. The first-order valence-corrected chi connectivity index (χ1v) is 10.8. The van der Waals surface area contributed by atoms with Gasteiger partial charge in [0, 0.05) is 24.2 Å². The SMILES string of the molecule is Cc1c(CN(C)C(=O)/C=C/c2cnc3c(c2)CC[C@H](N)C(=O)N3)sc2c(F)cccc12.Cl. The fourth-order valence-corrected chi connectivity index (χ4v) is 4.84. The highest BCUT2D eigenvalue weighted by atomic mass is 35.5. The van der Waals surface area contributed by atoms with Crippen LogP contribution in [0.5, 0.6) is 0 Å². The molecular weight excluding hydrogens is 451 g/mol. The third-order valence-electron chi connectivity index (χ3n) is 5.48. The minimum atomic E-state index is -0.547. The maximum absolute atomic E-state index is 14.1. The standard InChI is InChI=1S/C23H23FN4O2S.ClH/c1-13-16-4-3-5-17(24)21(16)31-19(13)12-28(2)20(29)9-6-14-10-15-7-8-18(25)23(30)27-22(15)26-11-14;/h3-6,9-11,18H,7-8,12,25H2,1-2H3,(H,26,27,30);1H/b9-6+;/t18-;/m0./s1. The lowest BCUT2D eigenvalue weighted by molar-refractivity contribution is -0.125. The van der Waals surface area contributed by atoms with Gasteiger partial charge in [-0.15, -0.1) is 23.7 Å². The van der Waals surface area contributed by atoms with Gasteiger partial charge in [0.2, 0.25) is 11.8 Å². The lowest BCUT2D eigenvalue weighted by Gasteiger charge is -2.14. The van der Waals surface area contributed by atoms with Crippen molar-refractivity contribution in [1.82, 2.24) is 9.88 Å². The van der Waals surface area contributed by atoms with Gasteiger partial charge in [-0.1, -0.05) is 12.1 Å². The van der Waals surface area contributed by atoms with Crippen LogP contribution in [0.3, 0.4) is 0 Å². The first-order chi connectivity index (χ1) is 14.8. The zero-order chi connectivity index (χ0) is 22.1. The second-order valence-electron chi connectivity index (χ2n) is 7.71. The third kappa shape index (κ3) is 4.82. The van der Waals surface area contributed by atoms with Crippen LogP contribution in [0.2, 0.25) is 0 Å². The molecule has 4 rings (SSSR count). The molecule has 1 aliphatic heterocycles. The number of carbonyl (C=O) groups excluding carboxylic acids is 2. The fraction of sp³-hybridized carbons (Fsp3) is 0.261. The first-order valence-electron chi connectivity index (χ1n) is 9.98. The number of nitrogens with zero attached hydrogens (tertiary/aromatic N) is 2. The van der Waals surface area contributed by atoms with Crippen LogP contribution in [0.4, 0.5) is 10.2 Å². The number of pyridine rings is 1. The van der Waals surface area contributed by atoms with Crippen LogP contribution in [-0.4, -0.2) is 34.8 Å². The van der Waals surface area contributed by atoms with Crippen molar-refractivity contribution < 1.29 is 14.0 Å². The number of amides is 2. The van der Waals surface area contributed by atoms with E-state index in [0.29, 0.717) is 29.9 Å². The van der Waals surface area contributed by atoms with Crippen molar-refractivity contribution in [3.63, 3.8) is 0 Å². The second kappa shape index (κ2) is 9.77. The molecule has 0 bridgehead atoms. The van der Waals surface area contributed by atoms with Gasteiger partial charge in [-0.25, -0.2) is 9.37 Å². The van der Waals surface area contributed by atoms with Crippen molar-refractivity contribution in [2.24, 2.45) is 5.73 Å². The number of hydrogen-bond donors (Lipinski definition) is 2. The molecule has 0 radical (unpaired) electrons. The molecule has 0 unspecified atom stereocenters. The van der Waals surface area contributed by atoms with E-state index in [2.05, 4.69) is 10.3 Å². The molecule has 3 aromatic rings. The van der Waals surface area contributed by atoms with Crippen LogP contribution in [-0.2, 0) is 22.6 Å². The van der Waals surface area contributed by atoms with Crippen molar-refractivity contribution >= 4 is 57.5 Å². The molecule has 1 aromatic carbocycles. The normalized spacial score (nSPS) is 15.8. The van der Waals surface area contributed by atoms with Crippen molar-refractivity contribution in [2.45, 2.75) is 32.4 Å². The van der Waals surface area contributed by atoms with Gasteiger partial charge < -0.3 is 16.0 Å². The highest BCUT2D eigenvalue weighted by molar-refractivity contribution is 7.19. The van der Waals surface area contributed by atoms with E-state index in [1.165, 1.54) is 23.5 Å². The monoisotopic (exact) mass is 474 g/mol. The molecule has 2 amide bonds. The molecular formula is C23H24ClFN4O2S. The number of carbonyl (C=O) groups is 2. The molecule has 0 spiro atoms. The van der Waals surface area contributed by atoms with Gasteiger partial charge in [0.15, 0.2) is 0 Å². The maximum Gasteiger partial charge on any atom is 0.246 e. The summed E-state index contributed by atoms with van der Waals surface area (Å²) in [5, 5.41) is 3.62. The van der Waals surface area contributed by atoms with Crippen LogP contribution in [0.25, 0.3) is 16.2 Å². The Labute approximate surface area is 195 Å². The van der Waals surface area contributed by atoms with E-state index in [-0.39, 0.29) is 30.0 Å². The highest BCUT2D eigenvalue weighted by Gasteiger charge is 2.21. The molecule has 2 aromatic heterocycles. The number of nitrogens with one attached hydrogen (secondary N) is 1. The van der Waals surface area contributed by atoms with Crippen molar-refractivity contribution in [1.29, 1.82) is 0 Å². The summed E-state index contributed by atoms with van der Waals surface area (Å²) in [7, 11) is 1.72. The van der Waals surface area contributed by atoms with E-state index < -0.39 is 6.04 Å². The number of rotatable bonds is 4. The van der Waals surface area contributed by atoms with Crippen molar-refractivity contribution in [3.8, 4) is 0 Å². The second-order valence-corrected chi connectivity index (χ2v) is 8.81. The summed E-state index contributed by atoms with van der Waals surface area (Å²) in [6, 6.07) is 6.41. The Balaban J connectivity index is 0.00000289. The quantitative estimate of drug-likeness (QED) is 0.558. The lowest BCUT2D eigenvalue weighted by atomic mass is 10.1. The molecule has 3 N–H and O–H groups in total. The summed E-state index contributed by atoms with van der Waals surface area (Å²) < 4.78 is 14.7. The summed E-state index contributed by atoms with van der Waals surface area (Å²) in [5.41, 5.74) is 8.47. The highest BCUT2D eigenvalue weighted by Crippen LogP contribution is 2.33. The predicted octanol–water partition coefficient (Wildman–Crippen LogP) is 4.05. The van der Waals surface area contributed by atoms with E-state index in [0.717, 1.165) is 27.0 Å². The minimum absolute atomic E-state index is 0. The van der Waals surface area contributed by atoms with Crippen LogP contribution in [0.15, 0.2) is 36.5 Å². The maximum atomic E-state index is 14.1. The Morgan fingerprint density at radius 1 is 1.44 bits per heavy atom. The number of aromatic nitrogens is 1. The average Bonchev–Trinajstić information content (AvgIpc) is 2.99. The lowest BCUT2D eigenvalue weighted by Crippen LogP contribution is -2.34. The summed E-state index contributed by atoms with van der Waals surface area (Å²) in [6.45, 7) is 2.36. The van der Waals surface area contributed by atoms with E-state index >= 15 is 0 Å². The van der Waals surface area contributed by atoms with Crippen LogP contribution in [0, 0.1) is 12.7 Å². The van der Waals surface area contributed by atoms with Gasteiger partial charge in [-0.05, 0) is 60.1 Å². The molecule has 0 saturated carbocycles. The van der Waals surface area contributed by atoms with Gasteiger partial charge in [-0.3, -0.25) is 9.59 Å². The topological polar surface area (TPSA) is 88.3 Å². The number of thiophene rings is 1. The number of anilines is 1. The van der Waals surface area contributed by atoms with E-state index in [1.807, 2.05) is 19.1 Å². The van der Waals surface area contributed by atoms with Crippen LogP contribution >= 0.6 is 23.7 Å². The summed E-state index contributed by atoms with van der Waals surface area (Å²) in [4.78, 5) is 31.3. The van der Waals surface area contributed by atoms with Gasteiger partial charge in [0.25, 0.3) is 0 Å². The van der Waals surface area contributed by atoms with Gasteiger partial charge in [0.1, 0.15) is 11.6 Å². The molecule has 32 heavy (non-hydrogen) atoms. The van der Waals surface area contributed by atoms with Crippen LogP contribution < -0.4 is 11.1 Å². The van der Waals surface area contributed by atoms with E-state index in [9.17, 15) is 14.0 Å². The fourth-order valence-electron chi connectivity index (χ4n) is 3.57. The molecule has 3 heterocycles. The number of aryl methyl sites for hydroxylation is 2. The number of nitrogens with two attached hydrogens (primary N) is 1.